The molecule has 0 amide bonds. The molecule has 1 aromatic carbocycles. The van der Waals surface area contributed by atoms with Gasteiger partial charge in [0.1, 0.15) is 0 Å². The number of hydrogen-bond acceptors (Lipinski definition) is 1. The SMILES string of the molecule is C=Cc1ccccc1C(CC)=NC. The van der Waals surface area contributed by atoms with Crippen LogP contribution in [0.15, 0.2) is 35.8 Å². The monoisotopic (exact) mass is 173 g/mol. The van der Waals surface area contributed by atoms with E-state index in [1.54, 1.807) is 0 Å². The standard InChI is InChI=1S/C12H15N/c1-4-10-8-6-7-9-11(10)12(5-2)13-3/h4,6-9H,1,5H2,2-3H3. The van der Waals surface area contributed by atoms with Crippen LogP contribution in [0.1, 0.15) is 24.5 Å². The van der Waals surface area contributed by atoms with Crippen molar-refractivity contribution in [1.82, 2.24) is 0 Å². The zero-order valence-electron chi connectivity index (χ0n) is 8.25. The average Bonchev–Trinajstić information content (AvgIpc) is 2.20. The first-order valence-electron chi connectivity index (χ1n) is 4.51. The zero-order chi connectivity index (χ0) is 9.68. The summed E-state index contributed by atoms with van der Waals surface area (Å²) in [5, 5.41) is 0. The van der Waals surface area contributed by atoms with Gasteiger partial charge in [-0.05, 0) is 12.0 Å². The van der Waals surface area contributed by atoms with Gasteiger partial charge in [0, 0.05) is 18.3 Å². The maximum absolute atomic E-state index is 4.25. The molecule has 0 heterocycles. The van der Waals surface area contributed by atoms with E-state index in [0.717, 1.165) is 17.7 Å². The largest absolute Gasteiger partial charge is 0.292 e. The van der Waals surface area contributed by atoms with Crippen molar-refractivity contribution in [3.63, 3.8) is 0 Å². The molecule has 0 unspecified atom stereocenters. The van der Waals surface area contributed by atoms with Crippen molar-refractivity contribution in [2.24, 2.45) is 4.99 Å². The third-order valence-electron chi connectivity index (χ3n) is 2.10. The van der Waals surface area contributed by atoms with Crippen LogP contribution in [0.2, 0.25) is 0 Å². The van der Waals surface area contributed by atoms with Gasteiger partial charge in [0.2, 0.25) is 0 Å². The highest BCUT2D eigenvalue weighted by atomic mass is 14.7. The molecule has 1 nitrogen and oxygen atoms in total. The summed E-state index contributed by atoms with van der Waals surface area (Å²) >= 11 is 0. The van der Waals surface area contributed by atoms with E-state index in [-0.39, 0.29) is 0 Å². The van der Waals surface area contributed by atoms with E-state index in [0.29, 0.717) is 0 Å². The molecule has 0 aromatic heterocycles. The minimum Gasteiger partial charge on any atom is -0.292 e. The van der Waals surface area contributed by atoms with Crippen molar-refractivity contribution < 1.29 is 0 Å². The molecule has 0 spiro atoms. The van der Waals surface area contributed by atoms with E-state index in [1.807, 2.05) is 25.3 Å². The molecule has 0 saturated heterocycles. The van der Waals surface area contributed by atoms with Crippen LogP contribution in [-0.2, 0) is 0 Å². The van der Waals surface area contributed by atoms with E-state index < -0.39 is 0 Å². The van der Waals surface area contributed by atoms with Crippen LogP contribution < -0.4 is 0 Å². The number of nitrogens with zero attached hydrogens (tertiary/aromatic N) is 1. The third-order valence-corrected chi connectivity index (χ3v) is 2.10. The van der Waals surface area contributed by atoms with E-state index in [4.69, 9.17) is 0 Å². The fourth-order valence-corrected chi connectivity index (χ4v) is 1.41. The van der Waals surface area contributed by atoms with Crippen LogP contribution in [0.5, 0.6) is 0 Å². The van der Waals surface area contributed by atoms with Crippen LogP contribution >= 0.6 is 0 Å². The van der Waals surface area contributed by atoms with Crippen LogP contribution in [0.3, 0.4) is 0 Å². The van der Waals surface area contributed by atoms with Gasteiger partial charge in [-0.3, -0.25) is 4.99 Å². The Labute approximate surface area is 79.8 Å². The highest BCUT2D eigenvalue weighted by Crippen LogP contribution is 2.12. The van der Waals surface area contributed by atoms with Crippen molar-refractivity contribution in [3.05, 3.63) is 42.0 Å². The second-order valence-electron chi connectivity index (χ2n) is 2.82. The van der Waals surface area contributed by atoms with Gasteiger partial charge in [-0.25, -0.2) is 0 Å². The molecule has 0 radical (unpaired) electrons. The summed E-state index contributed by atoms with van der Waals surface area (Å²) in [5.74, 6) is 0. The average molecular weight is 173 g/mol. The zero-order valence-corrected chi connectivity index (χ0v) is 8.25. The Kier molecular flexibility index (Phi) is 3.44. The Morgan fingerprint density at radius 2 is 2.15 bits per heavy atom. The van der Waals surface area contributed by atoms with Crippen LogP contribution in [0.25, 0.3) is 6.08 Å². The summed E-state index contributed by atoms with van der Waals surface area (Å²) in [6.07, 6.45) is 2.83. The first-order chi connectivity index (χ1) is 6.33. The summed E-state index contributed by atoms with van der Waals surface area (Å²) in [5.41, 5.74) is 3.49. The van der Waals surface area contributed by atoms with Gasteiger partial charge in [0.25, 0.3) is 0 Å². The van der Waals surface area contributed by atoms with Crippen molar-refractivity contribution in [2.45, 2.75) is 13.3 Å². The fraction of sp³-hybridized carbons (Fsp3) is 0.250. The summed E-state index contributed by atoms with van der Waals surface area (Å²) in [7, 11) is 1.83. The Morgan fingerprint density at radius 1 is 1.46 bits per heavy atom. The van der Waals surface area contributed by atoms with Gasteiger partial charge in [-0.15, -0.1) is 0 Å². The van der Waals surface area contributed by atoms with Gasteiger partial charge in [-0.1, -0.05) is 43.8 Å². The van der Waals surface area contributed by atoms with E-state index in [1.165, 1.54) is 5.56 Å². The lowest BCUT2D eigenvalue weighted by Crippen LogP contribution is -2.00. The Morgan fingerprint density at radius 3 is 2.69 bits per heavy atom. The topological polar surface area (TPSA) is 12.4 Å². The predicted octanol–water partition coefficient (Wildman–Crippen LogP) is 3.16. The molecule has 1 rings (SSSR count). The van der Waals surface area contributed by atoms with Gasteiger partial charge < -0.3 is 0 Å². The third kappa shape index (κ3) is 2.05. The smallest absolute Gasteiger partial charge is 0.0420 e. The maximum atomic E-state index is 4.25. The number of benzene rings is 1. The fourth-order valence-electron chi connectivity index (χ4n) is 1.41. The molecule has 0 saturated carbocycles. The quantitative estimate of drug-likeness (QED) is 0.622. The number of aliphatic imine (C=N–C) groups is 1. The van der Waals surface area contributed by atoms with E-state index in [2.05, 4.69) is 30.6 Å². The second kappa shape index (κ2) is 4.61. The van der Waals surface area contributed by atoms with Crippen LogP contribution in [-0.4, -0.2) is 12.8 Å². The minimum atomic E-state index is 0.960. The minimum absolute atomic E-state index is 0.960. The Bertz CT molecular complexity index is 324. The predicted molar refractivity (Wildman–Crippen MR) is 59.3 cm³/mol. The highest BCUT2D eigenvalue weighted by molar-refractivity contribution is 6.03. The molecule has 0 bridgehead atoms. The van der Waals surface area contributed by atoms with E-state index >= 15 is 0 Å². The molecule has 0 fully saturated rings. The molecule has 13 heavy (non-hydrogen) atoms. The summed E-state index contributed by atoms with van der Waals surface area (Å²) in [6.45, 7) is 5.90. The number of rotatable bonds is 3. The molecule has 0 aliphatic carbocycles. The number of hydrogen-bond donors (Lipinski definition) is 0. The van der Waals surface area contributed by atoms with Crippen molar-refractivity contribution in [2.75, 3.05) is 7.05 Å². The summed E-state index contributed by atoms with van der Waals surface area (Å²) < 4.78 is 0. The Hall–Kier alpha value is -1.37. The molecule has 68 valence electrons. The molecule has 1 heteroatoms. The lowest BCUT2D eigenvalue weighted by Gasteiger charge is -2.06. The molecule has 0 aliphatic heterocycles. The normalized spacial score (nSPS) is 11.4. The molecule has 0 N–H and O–H groups in total. The van der Waals surface area contributed by atoms with Crippen molar-refractivity contribution in [1.29, 1.82) is 0 Å². The van der Waals surface area contributed by atoms with Crippen molar-refractivity contribution >= 4 is 11.8 Å². The molecular weight excluding hydrogens is 158 g/mol. The van der Waals surface area contributed by atoms with Gasteiger partial charge >= 0.3 is 0 Å². The molecule has 0 atom stereocenters. The first-order valence-corrected chi connectivity index (χ1v) is 4.51. The van der Waals surface area contributed by atoms with Crippen LogP contribution in [0, 0.1) is 0 Å². The second-order valence-corrected chi connectivity index (χ2v) is 2.82. The van der Waals surface area contributed by atoms with Gasteiger partial charge in [0.15, 0.2) is 0 Å². The van der Waals surface area contributed by atoms with E-state index in [9.17, 15) is 0 Å². The van der Waals surface area contributed by atoms with Crippen LogP contribution in [0.4, 0.5) is 0 Å². The lowest BCUT2D eigenvalue weighted by atomic mass is 10.0. The summed E-state index contributed by atoms with van der Waals surface area (Å²) in [6, 6.07) is 8.19. The molecule has 0 aliphatic rings. The lowest BCUT2D eigenvalue weighted by molar-refractivity contribution is 1.24. The van der Waals surface area contributed by atoms with Crippen molar-refractivity contribution in [3.8, 4) is 0 Å². The molecule has 1 aromatic rings. The van der Waals surface area contributed by atoms with Gasteiger partial charge in [0.05, 0.1) is 0 Å². The highest BCUT2D eigenvalue weighted by Gasteiger charge is 2.02. The maximum Gasteiger partial charge on any atom is 0.0420 e. The summed E-state index contributed by atoms with van der Waals surface area (Å²) in [4.78, 5) is 4.25. The van der Waals surface area contributed by atoms with Gasteiger partial charge in [-0.2, -0.15) is 0 Å². The molecular formula is C12H15N. The Balaban J connectivity index is 3.19. The first kappa shape index (κ1) is 9.72.